The molecule has 2 aliphatic rings. The van der Waals surface area contributed by atoms with Crippen molar-refractivity contribution in [3.63, 3.8) is 0 Å². The van der Waals surface area contributed by atoms with Crippen molar-refractivity contribution >= 4 is 24.7 Å². The van der Waals surface area contributed by atoms with Crippen LogP contribution in [0.15, 0.2) is 17.6 Å². The van der Waals surface area contributed by atoms with Crippen molar-refractivity contribution in [3.8, 4) is 17.0 Å². The second-order valence-corrected chi connectivity index (χ2v) is 8.37. The van der Waals surface area contributed by atoms with Crippen molar-refractivity contribution in [1.82, 2.24) is 4.98 Å². The van der Waals surface area contributed by atoms with Gasteiger partial charge in [0.1, 0.15) is 5.75 Å². The summed E-state index contributed by atoms with van der Waals surface area (Å²) in [4.78, 5) is 35.9. The molecule has 0 unspecified atom stereocenters. The number of ketones is 1. The molecule has 1 aromatic heterocycles. The maximum absolute atomic E-state index is 12.5. The monoisotopic (exact) mass is 351 g/mol. The third kappa shape index (κ3) is 2.74. The van der Waals surface area contributed by atoms with Gasteiger partial charge in [0.15, 0.2) is 12.1 Å². The first-order chi connectivity index (χ1) is 10.9. The summed E-state index contributed by atoms with van der Waals surface area (Å²) in [5.41, 5.74) is 4.77. The number of carbonyl (C=O) groups is 1. The van der Waals surface area contributed by atoms with Crippen LogP contribution in [0.1, 0.15) is 33.6 Å². The summed E-state index contributed by atoms with van der Waals surface area (Å²) in [5, 5.41) is 0. The fourth-order valence-electron chi connectivity index (χ4n) is 2.90. The molecule has 0 saturated heterocycles. The highest BCUT2D eigenvalue weighted by atomic mass is 32.1. The third-order valence-electron chi connectivity index (χ3n) is 4.09. The van der Waals surface area contributed by atoms with E-state index < -0.39 is 13.9 Å². The van der Waals surface area contributed by atoms with Crippen LogP contribution in [0.25, 0.3) is 11.3 Å². The van der Waals surface area contributed by atoms with E-state index in [1.165, 1.54) is 11.3 Å². The van der Waals surface area contributed by atoms with Gasteiger partial charge in [0, 0.05) is 28.3 Å². The Balaban J connectivity index is 1.79. The lowest BCUT2D eigenvalue weighted by atomic mass is 9.96. The standard InChI is InChI=1S/C15H14NO5PS/c17-15(8-1-2-8)9-3-4-11(21-7-22(18,19)20)13-10(9)5-12-14(13)16-6-23-12/h3-4,6,8H,1-2,5,7H2,(H2,18,19,20). The second-order valence-electron chi connectivity index (χ2n) is 5.84. The van der Waals surface area contributed by atoms with Crippen molar-refractivity contribution in [2.45, 2.75) is 19.3 Å². The van der Waals surface area contributed by atoms with Crippen LogP contribution >= 0.6 is 18.9 Å². The molecular weight excluding hydrogens is 337 g/mol. The summed E-state index contributed by atoms with van der Waals surface area (Å²) >= 11 is 1.51. The van der Waals surface area contributed by atoms with Gasteiger partial charge in [-0.2, -0.15) is 0 Å². The zero-order valence-electron chi connectivity index (χ0n) is 12.1. The Morgan fingerprint density at radius 1 is 1.39 bits per heavy atom. The number of hydrogen-bond acceptors (Lipinski definition) is 5. The number of benzene rings is 1. The van der Waals surface area contributed by atoms with Gasteiger partial charge in [0.05, 0.1) is 11.2 Å². The van der Waals surface area contributed by atoms with Crippen LogP contribution in [-0.4, -0.2) is 26.9 Å². The lowest BCUT2D eigenvalue weighted by molar-refractivity contribution is 0.0967. The second kappa shape index (κ2) is 5.24. The highest BCUT2D eigenvalue weighted by molar-refractivity contribution is 7.51. The van der Waals surface area contributed by atoms with E-state index in [0.29, 0.717) is 23.3 Å². The molecule has 1 saturated carbocycles. The third-order valence-corrected chi connectivity index (χ3v) is 5.39. The summed E-state index contributed by atoms with van der Waals surface area (Å²) < 4.78 is 16.4. The Morgan fingerprint density at radius 2 is 2.17 bits per heavy atom. The van der Waals surface area contributed by atoms with Gasteiger partial charge >= 0.3 is 7.60 Å². The Kier molecular flexibility index (Phi) is 3.43. The number of fused-ring (bicyclic) bond motifs is 3. The molecule has 23 heavy (non-hydrogen) atoms. The molecule has 0 radical (unpaired) electrons. The quantitative estimate of drug-likeness (QED) is 0.542. The van der Waals surface area contributed by atoms with Gasteiger partial charge in [-0.3, -0.25) is 9.36 Å². The maximum Gasteiger partial charge on any atom is 0.362 e. The molecule has 1 fully saturated rings. The van der Waals surface area contributed by atoms with Crippen LogP contribution in [0.4, 0.5) is 0 Å². The van der Waals surface area contributed by atoms with Crippen molar-refractivity contribution in [2.75, 3.05) is 6.35 Å². The van der Waals surface area contributed by atoms with Gasteiger partial charge in [0.2, 0.25) is 0 Å². The van der Waals surface area contributed by atoms with Crippen LogP contribution in [0.3, 0.4) is 0 Å². The molecular formula is C15H14NO5PS. The van der Waals surface area contributed by atoms with Gasteiger partial charge in [0.25, 0.3) is 0 Å². The Bertz CT molecular complexity index is 852. The number of carbonyl (C=O) groups excluding carboxylic acids is 1. The molecule has 2 aliphatic carbocycles. The van der Waals surface area contributed by atoms with Gasteiger partial charge in [-0.15, -0.1) is 11.3 Å². The van der Waals surface area contributed by atoms with Crippen molar-refractivity contribution in [2.24, 2.45) is 5.92 Å². The number of rotatable bonds is 5. The van der Waals surface area contributed by atoms with Crippen LogP contribution in [0.5, 0.6) is 5.75 Å². The fourth-order valence-corrected chi connectivity index (χ4v) is 3.99. The average molecular weight is 351 g/mol. The van der Waals surface area contributed by atoms with E-state index in [2.05, 4.69) is 4.98 Å². The number of nitrogens with zero attached hydrogens (tertiary/aromatic N) is 1. The number of Topliss-reactive ketones (excluding diaryl/α,β-unsaturated/α-hetero) is 1. The van der Waals surface area contributed by atoms with E-state index in [-0.39, 0.29) is 11.7 Å². The number of hydrogen-bond donors (Lipinski definition) is 2. The SMILES string of the molecule is O=C(c1ccc(OCP(=O)(O)O)c2c1Cc1scnc1-2)C1CC1. The van der Waals surface area contributed by atoms with Crippen LogP contribution in [-0.2, 0) is 11.0 Å². The zero-order chi connectivity index (χ0) is 16.2. The lowest BCUT2D eigenvalue weighted by Crippen LogP contribution is -2.07. The van der Waals surface area contributed by atoms with Gasteiger partial charge in [-0.1, -0.05) is 0 Å². The number of aromatic nitrogens is 1. The fraction of sp³-hybridized carbons (Fsp3) is 0.333. The molecule has 0 aliphatic heterocycles. The lowest BCUT2D eigenvalue weighted by Gasteiger charge is -2.14. The summed E-state index contributed by atoms with van der Waals surface area (Å²) in [7, 11) is -4.27. The Morgan fingerprint density at radius 3 is 2.87 bits per heavy atom. The number of thiazole rings is 1. The van der Waals surface area contributed by atoms with E-state index in [1.807, 2.05) is 0 Å². The van der Waals surface area contributed by atoms with E-state index in [9.17, 15) is 9.36 Å². The van der Waals surface area contributed by atoms with E-state index in [4.69, 9.17) is 14.5 Å². The first kappa shape index (κ1) is 15.0. The summed E-state index contributed by atoms with van der Waals surface area (Å²) in [6, 6.07) is 3.34. The molecule has 2 N–H and O–H groups in total. The highest BCUT2D eigenvalue weighted by Gasteiger charge is 2.35. The van der Waals surface area contributed by atoms with E-state index in [0.717, 1.165) is 29.0 Å². The van der Waals surface area contributed by atoms with E-state index >= 15 is 0 Å². The number of ether oxygens (including phenoxy) is 1. The molecule has 8 heteroatoms. The maximum atomic E-state index is 12.5. The minimum absolute atomic E-state index is 0.118. The molecule has 4 rings (SSSR count). The molecule has 6 nitrogen and oxygen atoms in total. The van der Waals surface area contributed by atoms with Crippen LogP contribution in [0.2, 0.25) is 0 Å². The molecule has 0 bridgehead atoms. The normalized spacial score (nSPS) is 16.1. The molecule has 1 heterocycles. The minimum Gasteiger partial charge on any atom is -0.480 e. The molecule has 0 amide bonds. The molecule has 120 valence electrons. The van der Waals surface area contributed by atoms with Crippen molar-refractivity contribution in [1.29, 1.82) is 0 Å². The summed E-state index contributed by atoms with van der Waals surface area (Å²) in [6.07, 6.45) is 1.80. The largest absolute Gasteiger partial charge is 0.480 e. The van der Waals surface area contributed by atoms with Gasteiger partial charge in [-0.25, -0.2) is 4.98 Å². The highest BCUT2D eigenvalue weighted by Crippen LogP contribution is 2.47. The van der Waals surface area contributed by atoms with E-state index in [1.54, 1.807) is 17.6 Å². The predicted octanol–water partition coefficient (Wildman–Crippen LogP) is 2.82. The van der Waals surface area contributed by atoms with Gasteiger partial charge < -0.3 is 14.5 Å². The van der Waals surface area contributed by atoms with Crippen LogP contribution < -0.4 is 4.74 Å². The summed E-state index contributed by atoms with van der Waals surface area (Å²) in [6.45, 7) is 0. The molecule has 0 atom stereocenters. The minimum atomic E-state index is -4.27. The topological polar surface area (TPSA) is 96.7 Å². The van der Waals surface area contributed by atoms with Gasteiger partial charge in [-0.05, 0) is 30.5 Å². The molecule has 2 aromatic rings. The summed E-state index contributed by atoms with van der Waals surface area (Å²) in [5.74, 6) is 0.644. The van der Waals surface area contributed by atoms with Crippen molar-refractivity contribution < 1.29 is 23.9 Å². The van der Waals surface area contributed by atoms with Crippen molar-refractivity contribution in [3.05, 3.63) is 33.6 Å². The zero-order valence-corrected chi connectivity index (χ0v) is 13.8. The molecule has 1 aromatic carbocycles. The molecule has 0 spiro atoms. The average Bonchev–Trinajstić information content (AvgIpc) is 3.13. The van der Waals surface area contributed by atoms with Crippen LogP contribution in [0, 0.1) is 5.92 Å². The smallest absolute Gasteiger partial charge is 0.362 e. The predicted molar refractivity (Wildman–Crippen MR) is 84.9 cm³/mol. The Hall–Kier alpha value is -1.53. The first-order valence-electron chi connectivity index (χ1n) is 7.24. The first-order valence-corrected chi connectivity index (χ1v) is 9.92. The Labute approximate surface area is 136 Å².